The fraction of sp³-hybridized carbons (Fsp3) is 0.900. The lowest BCUT2D eigenvalue weighted by molar-refractivity contribution is -0.126. The van der Waals surface area contributed by atoms with Crippen LogP contribution in [-0.2, 0) is 9.53 Å². The molecule has 0 aliphatic carbocycles. The van der Waals surface area contributed by atoms with E-state index in [1.165, 1.54) is 0 Å². The molecule has 0 spiro atoms. The molecule has 0 amide bonds. The maximum atomic E-state index is 11.6. The van der Waals surface area contributed by atoms with Gasteiger partial charge in [-0.15, -0.1) is 0 Å². The van der Waals surface area contributed by atoms with Crippen LogP contribution in [0.25, 0.3) is 0 Å². The molecule has 0 saturated carbocycles. The van der Waals surface area contributed by atoms with Crippen molar-refractivity contribution in [1.29, 1.82) is 0 Å². The highest BCUT2D eigenvalue weighted by Gasteiger charge is 2.28. The molecule has 1 fully saturated rings. The van der Waals surface area contributed by atoms with Crippen molar-refractivity contribution < 1.29 is 9.53 Å². The lowest BCUT2D eigenvalue weighted by Gasteiger charge is -2.17. The molecule has 0 aromatic rings. The summed E-state index contributed by atoms with van der Waals surface area (Å²) < 4.78 is 5.26. The Hall–Kier alpha value is -0.370. The Morgan fingerprint density at radius 2 is 2.08 bits per heavy atom. The maximum Gasteiger partial charge on any atom is 0.138 e. The molecule has 2 heteroatoms. The Labute approximate surface area is 74.3 Å². The van der Waals surface area contributed by atoms with Crippen LogP contribution in [0.2, 0.25) is 0 Å². The molecule has 1 aliphatic rings. The zero-order chi connectivity index (χ0) is 9.14. The van der Waals surface area contributed by atoms with Gasteiger partial charge in [-0.25, -0.2) is 0 Å². The predicted octanol–water partition coefficient (Wildman–Crippen LogP) is 1.88. The van der Waals surface area contributed by atoms with Crippen molar-refractivity contribution in [3.63, 3.8) is 0 Å². The van der Waals surface area contributed by atoms with E-state index in [0.29, 0.717) is 11.7 Å². The van der Waals surface area contributed by atoms with Crippen molar-refractivity contribution >= 4 is 5.78 Å². The summed E-state index contributed by atoms with van der Waals surface area (Å²) in [5.74, 6) is 1.21. The highest BCUT2D eigenvalue weighted by Crippen LogP contribution is 2.24. The van der Waals surface area contributed by atoms with Crippen LogP contribution in [0, 0.1) is 17.8 Å². The van der Waals surface area contributed by atoms with E-state index < -0.39 is 0 Å². The summed E-state index contributed by atoms with van der Waals surface area (Å²) in [6.07, 6.45) is 1.06. The zero-order valence-electron chi connectivity index (χ0n) is 8.17. The Bertz CT molecular complexity index is 157. The quantitative estimate of drug-likeness (QED) is 0.646. The largest absolute Gasteiger partial charge is 0.381 e. The van der Waals surface area contributed by atoms with Gasteiger partial charge >= 0.3 is 0 Å². The van der Waals surface area contributed by atoms with Gasteiger partial charge in [-0.3, -0.25) is 4.79 Å². The van der Waals surface area contributed by atoms with Gasteiger partial charge in [-0.2, -0.15) is 0 Å². The second-order valence-corrected chi connectivity index (χ2v) is 3.97. The highest BCUT2D eigenvalue weighted by molar-refractivity contribution is 5.82. The van der Waals surface area contributed by atoms with Gasteiger partial charge < -0.3 is 4.74 Å². The van der Waals surface area contributed by atoms with E-state index in [0.717, 1.165) is 19.6 Å². The van der Waals surface area contributed by atoms with E-state index in [-0.39, 0.29) is 11.8 Å². The topological polar surface area (TPSA) is 26.3 Å². The van der Waals surface area contributed by atoms with Crippen molar-refractivity contribution in [2.75, 3.05) is 13.2 Å². The number of hydrogen-bond acceptors (Lipinski definition) is 2. The first-order valence-electron chi connectivity index (χ1n) is 4.74. The zero-order valence-corrected chi connectivity index (χ0v) is 8.17. The molecule has 0 aromatic carbocycles. The minimum Gasteiger partial charge on any atom is -0.381 e. The van der Waals surface area contributed by atoms with Crippen LogP contribution >= 0.6 is 0 Å². The first kappa shape index (κ1) is 9.72. The number of hydrogen-bond donors (Lipinski definition) is 0. The van der Waals surface area contributed by atoms with Crippen molar-refractivity contribution in [3.05, 3.63) is 0 Å². The van der Waals surface area contributed by atoms with Crippen LogP contribution in [0.4, 0.5) is 0 Å². The average molecular weight is 170 g/mol. The number of rotatable bonds is 3. The molecule has 70 valence electrons. The van der Waals surface area contributed by atoms with Crippen LogP contribution in [0.15, 0.2) is 0 Å². The van der Waals surface area contributed by atoms with Gasteiger partial charge in [-0.05, 0) is 12.3 Å². The Morgan fingerprint density at radius 3 is 2.50 bits per heavy atom. The molecule has 0 aromatic heterocycles. The van der Waals surface area contributed by atoms with Gasteiger partial charge in [0.25, 0.3) is 0 Å². The monoisotopic (exact) mass is 170 g/mol. The third kappa shape index (κ3) is 2.07. The van der Waals surface area contributed by atoms with E-state index >= 15 is 0 Å². The third-order valence-corrected chi connectivity index (χ3v) is 2.69. The third-order valence-electron chi connectivity index (χ3n) is 2.69. The van der Waals surface area contributed by atoms with Crippen molar-refractivity contribution in [3.8, 4) is 0 Å². The first-order valence-corrected chi connectivity index (χ1v) is 4.74. The molecule has 0 bridgehead atoms. The molecule has 1 saturated heterocycles. The Balaban J connectivity index is 2.45. The van der Waals surface area contributed by atoms with Gasteiger partial charge in [0.05, 0.1) is 6.61 Å². The number of Topliss-reactive ketones (excluding diaryl/α,β-unsaturated/α-hetero) is 1. The summed E-state index contributed by atoms with van der Waals surface area (Å²) in [6, 6.07) is 0. The maximum absolute atomic E-state index is 11.6. The molecule has 0 radical (unpaired) electrons. The molecular weight excluding hydrogens is 152 g/mol. The summed E-state index contributed by atoms with van der Waals surface area (Å²) >= 11 is 0. The summed E-state index contributed by atoms with van der Waals surface area (Å²) in [5.41, 5.74) is 0. The standard InChI is InChI=1S/C10H18O2/c1-7(2)10(11)8(3)9-4-5-12-6-9/h7-9H,4-6H2,1-3H3. The molecule has 1 heterocycles. The molecule has 1 aliphatic heterocycles. The van der Waals surface area contributed by atoms with Gasteiger partial charge in [0.2, 0.25) is 0 Å². The summed E-state index contributed by atoms with van der Waals surface area (Å²) in [5, 5.41) is 0. The minimum atomic E-state index is 0.167. The number of carbonyl (C=O) groups is 1. The van der Waals surface area contributed by atoms with E-state index in [9.17, 15) is 4.79 Å². The Kier molecular flexibility index (Phi) is 3.27. The molecule has 2 nitrogen and oxygen atoms in total. The van der Waals surface area contributed by atoms with Crippen molar-refractivity contribution in [2.24, 2.45) is 17.8 Å². The molecule has 1 rings (SSSR count). The normalized spacial score (nSPS) is 26.2. The van der Waals surface area contributed by atoms with Gasteiger partial charge in [0.1, 0.15) is 5.78 Å². The molecule has 0 N–H and O–H groups in total. The van der Waals surface area contributed by atoms with E-state index in [4.69, 9.17) is 4.74 Å². The lowest BCUT2D eigenvalue weighted by atomic mass is 9.85. The summed E-state index contributed by atoms with van der Waals surface area (Å²) in [7, 11) is 0. The summed E-state index contributed by atoms with van der Waals surface area (Å²) in [6.45, 7) is 7.57. The molecular formula is C10H18O2. The molecule has 2 unspecified atom stereocenters. The number of ketones is 1. The van der Waals surface area contributed by atoms with Crippen molar-refractivity contribution in [2.45, 2.75) is 27.2 Å². The van der Waals surface area contributed by atoms with Crippen LogP contribution < -0.4 is 0 Å². The minimum absolute atomic E-state index is 0.167. The van der Waals surface area contributed by atoms with Crippen LogP contribution in [0.1, 0.15) is 27.2 Å². The molecule has 2 atom stereocenters. The van der Waals surface area contributed by atoms with E-state index in [1.807, 2.05) is 20.8 Å². The van der Waals surface area contributed by atoms with Gasteiger partial charge in [0, 0.05) is 18.4 Å². The van der Waals surface area contributed by atoms with Crippen LogP contribution in [-0.4, -0.2) is 19.0 Å². The summed E-state index contributed by atoms with van der Waals surface area (Å²) in [4.78, 5) is 11.6. The fourth-order valence-electron chi connectivity index (χ4n) is 1.71. The number of carbonyl (C=O) groups excluding carboxylic acids is 1. The Morgan fingerprint density at radius 1 is 1.42 bits per heavy atom. The SMILES string of the molecule is CC(C)C(=O)C(C)C1CCOC1. The van der Waals surface area contributed by atoms with Crippen LogP contribution in [0.3, 0.4) is 0 Å². The van der Waals surface area contributed by atoms with Gasteiger partial charge in [0.15, 0.2) is 0 Å². The number of ether oxygens (including phenoxy) is 1. The van der Waals surface area contributed by atoms with Gasteiger partial charge in [-0.1, -0.05) is 20.8 Å². The predicted molar refractivity (Wildman–Crippen MR) is 47.9 cm³/mol. The second kappa shape index (κ2) is 4.04. The average Bonchev–Trinajstić information content (AvgIpc) is 2.53. The second-order valence-electron chi connectivity index (χ2n) is 3.97. The van der Waals surface area contributed by atoms with Crippen molar-refractivity contribution in [1.82, 2.24) is 0 Å². The highest BCUT2D eigenvalue weighted by atomic mass is 16.5. The van der Waals surface area contributed by atoms with E-state index in [2.05, 4.69) is 0 Å². The lowest BCUT2D eigenvalue weighted by Crippen LogP contribution is -2.24. The first-order chi connectivity index (χ1) is 5.63. The molecule has 12 heavy (non-hydrogen) atoms. The fourth-order valence-corrected chi connectivity index (χ4v) is 1.71. The van der Waals surface area contributed by atoms with Crippen LogP contribution in [0.5, 0.6) is 0 Å². The smallest absolute Gasteiger partial charge is 0.138 e. The van der Waals surface area contributed by atoms with E-state index in [1.54, 1.807) is 0 Å².